The molecule has 0 saturated carbocycles. The lowest BCUT2D eigenvalue weighted by Gasteiger charge is -2.00. The van der Waals surface area contributed by atoms with Crippen molar-refractivity contribution in [1.29, 1.82) is 0 Å². The van der Waals surface area contributed by atoms with Crippen LogP contribution in [0.15, 0.2) is 26.7 Å². The number of H-pyrrole nitrogens is 1. The van der Waals surface area contributed by atoms with Crippen LogP contribution < -0.4 is 5.56 Å². The van der Waals surface area contributed by atoms with Gasteiger partial charge in [0.1, 0.15) is 0 Å². The Morgan fingerprint density at radius 2 is 2.46 bits per heavy atom. The second kappa shape index (κ2) is 5.49. The van der Waals surface area contributed by atoms with Gasteiger partial charge in [0.15, 0.2) is 0 Å². The standard InChI is InChI=1S/C4H6ClNS.C3H3NOS/c1-6-3-2-4(5)7-6;5-3-1-2-6-4-3/h2H,3H2,1H3;1-2H,(H,4,5). The van der Waals surface area contributed by atoms with Crippen molar-refractivity contribution in [2.24, 2.45) is 0 Å². The van der Waals surface area contributed by atoms with E-state index in [1.165, 1.54) is 17.6 Å². The summed E-state index contributed by atoms with van der Waals surface area (Å²) in [5, 5.41) is 1.71. The Kier molecular flexibility index (Phi) is 4.58. The molecule has 0 radical (unpaired) electrons. The number of likely N-dealkylation sites (N-methyl/N-ethyl adjacent to an activating group) is 1. The van der Waals surface area contributed by atoms with E-state index in [2.05, 4.69) is 8.68 Å². The average Bonchev–Trinajstić information content (AvgIpc) is 2.64. The number of hydrogen-bond donors (Lipinski definition) is 1. The van der Waals surface area contributed by atoms with E-state index in [1.807, 2.05) is 13.1 Å². The fraction of sp³-hybridized carbons (Fsp3) is 0.286. The van der Waals surface area contributed by atoms with Gasteiger partial charge in [-0.05, 0) is 25.1 Å². The molecule has 6 heteroatoms. The highest BCUT2D eigenvalue weighted by Gasteiger charge is 2.06. The molecule has 0 saturated heterocycles. The van der Waals surface area contributed by atoms with Gasteiger partial charge < -0.3 is 0 Å². The summed E-state index contributed by atoms with van der Waals surface area (Å²) in [4.78, 5) is 10.0. The van der Waals surface area contributed by atoms with Crippen molar-refractivity contribution < 1.29 is 0 Å². The smallest absolute Gasteiger partial charge is 0.257 e. The molecule has 0 atom stereocenters. The number of hydrogen-bond acceptors (Lipinski definition) is 4. The SMILES string of the molecule is CN1CC=C(Cl)S1.O=c1ccs[nH]1. The minimum absolute atomic E-state index is 0.0139. The zero-order valence-electron chi connectivity index (χ0n) is 6.99. The van der Waals surface area contributed by atoms with Crippen molar-refractivity contribution in [3.8, 4) is 0 Å². The molecule has 0 unspecified atom stereocenters. The van der Waals surface area contributed by atoms with Crippen molar-refractivity contribution in [1.82, 2.24) is 8.68 Å². The summed E-state index contributed by atoms with van der Waals surface area (Å²) in [5.74, 6) is 0. The van der Waals surface area contributed by atoms with Gasteiger partial charge in [0.2, 0.25) is 0 Å². The molecule has 13 heavy (non-hydrogen) atoms. The highest BCUT2D eigenvalue weighted by atomic mass is 35.5. The summed E-state index contributed by atoms with van der Waals surface area (Å²) in [7, 11) is 2.01. The Hall–Kier alpha value is -0.230. The number of aromatic amines is 1. The summed E-state index contributed by atoms with van der Waals surface area (Å²) in [5.41, 5.74) is -0.0139. The predicted octanol–water partition coefficient (Wildman–Crippen LogP) is 2.10. The van der Waals surface area contributed by atoms with Crippen molar-refractivity contribution >= 4 is 35.1 Å². The van der Waals surface area contributed by atoms with Crippen LogP contribution in [-0.4, -0.2) is 22.3 Å². The second-order valence-corrected chi connectivity index (χ2v) is 4.89. The number of halogens is 1. The maximum absolute atomic E-state index is 10.0. The first-order valence-corrected chi connectivity index (χ1v) is 5.58. The molecular formula is C7H9ClN2OS2. The molecule has 3 nitrogen and oxygen atoms in total. The van der Waals surface area contributed by atoms with Crippen molar-refractivity contribution in [3.05, 3.63) is 32.2 Å². The van der Waals surface area contributed by atoms with Crippen LogP contribution in [0.1, 0.15) is 0 Å². The Morgan fingerprint density at radius 3 is 2.62 bits per heavy atom. The van der Waals surface area contributed by atoms with Gasteiger partial charge in [-0.3, -0.25) is 9.17 Å². The summed E-state index contributed by atoms with van der Waals surface area (Å²) >= 11 is 8.47. The maximum atomic E-state index is 10.0. The molecule has 1 aliphatic rings. The third-order valence-electron chi connectivity index (χ3n) is 1.20. The van der Waals surface area contributed by atoms with Gasteiger partial charge in [0.25, 0.3) is 5.56 Å². The van der Waals surface area contributed by atoms with Gasteiger partial charge in [-0.2, -0.15) is 0 Å². The molecule has 0 amide bonds. The summed E-state index contributed by atoms with van der Waals surface area (Å²) in [6.45, 7) is 0.976. The minimum Gasteiger partial charge on any atom is -0.278 e. The third-order valence-corrected chi connectivity index (χ3v) is 2.95. The van der Waals surface area contributed by atoms with E-state index < -0.39 is 0 Å². The van der Waals surface area contributed by atoms with E-state index in [0.717, 1.165) is 10.9 Å². The van der Waals surface area contributed by atoms with Gasteiger partial charge in [0.05, 0.1) is 4.36 Å². The second-order valence-electron chi connectivity index (χ2n) is 2.30. The molecule has 2 rings (SSSR count). The molecular weight excluding hydrogens is 228 g/mol. The van der Waals surface area contributed by atoms with E-state index in [4.69, 9.17) is 11.6 Å². The first kappa shape index (κ1) is 10.8. The fourth-order valence-corrected chi connectivity index (χ4v) is 2.11. The lowest BCUT2D eigenvalue weighted by Crippen LogP contribution is -2.01. The lowest BCUT2D eigenvalue weighted by atomic mass is 10.6. The van der Waals surface area contributed by atoms with Crippen molar-refractivity contribution in [2.45, 2.75) is 0 Å². The van der Waals surface area contributed by atoms with Crippen LogP contribution in [0.2, 0.25) is 0 Å². The molecule has 0 aromatic carbocycles. The molecule has 1 aromatic heterocycles. The first-order valence-electron chi connectivity index (χ1n) is 3.55. The summed E-state index contributed by atoms with van der Waals surface area (Å²) in [6, 6.07) is 1.49. The molecule has 72 valence electrons. The third kappa shape index (κ3) is 4.52. The van der Waals surface area contributed by atoms with Gasteiger partial charge in [-0.15, -0.1) is 0 Å². The Balaban J connectivity index is 0.000000132. The van der Waals surface area contributed by atoms with Crippen LogP contribution in [0, 0.1) is 0 Å². The molecule has 1 aliphatic heterocycles. The molecule has 0 aliphatic carbocycles. The van der Waals surface area contributed by atoms with Crippen LogP contribution in [0.5, 0.6) is 0 Å². The topological polar surface area (TPSA) is 36.1 Å². The Bertz CT molecular complexity index is 316. The van der Waals surface area contributed by atoms with Crippen LogP contribution in [0.3, 0.4) is 0 Å². The van der Waals surface area contributed by atoms with E-state index in [-0.39, 0.29) is 5.56 Å². The minimum atomic E-state index is -0.0139. The highest BCUT2D eigenvalue weighted by Crippen LogP contribution is 2.27. The number of aromatic nitrogens is 1. The molecule has 1 N–H and O–H groups in total. The normalized spacial score (nSPS) is 16.3. The molecule has 0 spiro atoms. The van der Waals surface area contributed by atoms with Gasteiger partial charge in [0, 0.05) is 18.0 Å². The largest absolute Gasteiger partial charge is 0.278 e. The Labute approximate surface area is 89.7 Å². The van der Waals surface area contributed by atoms with E-state index in [1.54, 1.807) is 17.3 Å². The maximum Gasteiger partial charge on any atom is 0.257 e. The molecule has 2 heterocycles. The zero-order valence-corrected chi connectivity index (χ0v) is 9.38. The average molecular weight is 237 g/mol. The van der Waals surface area contributed by atoms with Crippen LogP contribution in [0.25, 0.3) is 0 Å². The van der Waals surface area contributed by atoms with Gasteiger partial charge >= 0.3 is 0 Å². The lowest BCUT2D eigenvalue weighted by molar-refractivity contribution is 0.650. The van der Waals surface area contributed by atoms with Crippen LogP contribution in [0.4, 0.5) is 0 Å². The van der Waals surface area contributed by atoms with Crippen molar-refractivity contribution in [2.75, 3.05) is 13.6 Å². The summed E-state index contributed by atoms with van der Waals surface area (Å²) < 4.78 is 5.45. The van der Waals surface area contributed by atoms with Gasteiger partial charge in [-0.1, -0.05) is 23.1 Å². The zero-order chi connectivity index (χ0) is 9.68. The Morgan fingerprint density at radius 1 is 1.69 bits per heavy atom. The van der Waals surface area contributed by atoms with Crippen LogP contribution in [-0.2, 0) is 0 Å². The van der Waals surface area contributed by atoms with E-state index >= 15 is 0 Å². The molecule has 0 bridgehead atoms. The van der Waals surface area contributed by atoms with E-state index in [0.29, 0.717) is 0 Å². The number of nitrogens with one attached hydrogen (secondary N) is 1. The van der Waals surface area contributed by atoms with Gasteiger partial charge in [-0.25, -0.2) is 4.31 Å². The van der Waals surface area contributed by atoms with E-state index in [9.17, 15) is 4.79 Å². The van der Waals surface area contributed by atoms with Crippen molar-refractivity contribution in [3.63, 3.8) is 0 Å². The predicted molar refractivity (Wildman–Crippen MR) is 59.1 cm³/mol. The quantitative estimate of drug-likeness (QED) is 0.701. The van der Waals surface area contributed by atoms with Crippen LogP contribution >= 0.6 is 35.1 Å². The first-order chi connectivity index (χ1) is 6.18. The monoisotopic (exact) mass is 236 g/mol. The number of rotatable bonds is 0. The molecule has 0 fully saturated rings. The molecule has 1 aromatic rings. The highest BCUT2D eigenvalue weighted by molar-refractivity contribution is 8.02. The number of nitrogens with zero attached hydrogens (tertiary/aromatic N) is 1. The fourth-order valence-electron chi connectivity index (χ4n) is 0.646. The summed E-state index contributed by atoms with van der Waals surface area (Å²) in [6.07, 6.45) is 1.99.